The van der Waals surface area contributed by atoms with Crippen molar-refractivity contribution in [2.24, 2.45) is 17.6 Å². The van der Waals surface area contributed by atoms with Crippen molar-refractivity contribution in [3.05, 3.63) is 0 Å². The Bertz CT molecular complexity index is 203. The first-order chi connectivity index (χ1) is 6.88. The van der Waals surface area contributed by atoms with Crippen molar-refractivity contribution in [1.29, 1.82) is 0 Å². The van der Waals surface area contributed by atoms with Crippen LogP contribution in [0.3, 0.4) is 0 Å². The third-order valence-electron chi connectivity index (χ3n) is 2.20. The zero-order chi connectivity index (χ0) is 12.0. The van der Waals surface area contributed by atoms with Crippen molar-refractivity contribution in [3.63, 3.8) is 0 Å². The van der Waals surface area contributed by atoms with E-state index in [1.54, 1.807) is 0 Å². The highest BCUT2D eigenvalue weighted by Gasteiger charge is 2.29. The summed E-state index contributed by atoms with van der Waals surface area (Å²) < 4.78 is 28.8. The summed E-state index contributed by atoms with van der Waals surface area (Å²) in [5.41, 5.74) is 5.56. The maximum atomic E-state index is 12.1. The molecule has 0 aromatic heterocycles. The second kappa shape index (κ2) is 8.70. The molecule has 0 aliphatic carbocycles. The van der Waals surface area contributed by atoms with Gasteiger partial charge in [-0.3, -0.25) is 4.79 Å². The van der Waals surface area contributed by atoms with Gasteiger partial charge in [0.2, 0.25) is 6.43 Å². The van der Waals surface area contributed by atoms with E-state index >= 15 is 0 Å². The molecule has 6 heteroatoms. The standard InChI is InChI=1S/C10H19F2NO2.ClH/c1-6(2)4-7(10(14)15-3)8(13)5-9(11)12;/h6-9H,4-5,13H2,1-3H3;1H. The van der Waals surface area contributed by atoms with E-state index in [1.807, 2.05) is 13.8 Å². The normalized spacial score (nSPS) is 14.5. The number of methoxy groups -OCH3 is 1. The van der Waals surface area contributed by atoms with E-state index in [0.717, 1.165) is 0 Å². The Morgan fingerprint density at radius 3 is 2.12 bits per heavy atom. The van der Waals surface area contributed by atoms with Gasteiger partial charge >= 0.3 is 5.97 Å². The molecule has 0 bridgehead atoms. The van der Waals surface area contributed by atoms with Gasteiger partial charge in [-0.25, -0.2) is 8.78 Å². The molecule has 0 aromatic rings. The molecule has 2 atom stereocenters. The molecule has 0 fully saturated rings. The van der Waals surface area contributed by atoms with Crippen LogP contribution in [0.25, 0.3) is 0 Å². The highest BCUT2D eigenvalue weighted by molar-refractivity contribution is 5.85. The van der Waals surface area contributed by atoms with E-state index < -0.39 is 30.8 Å². The summed E-state index contributed by atoms with van der Waals surface area (Å²) in [4.78, 5) is 11.3. The number of alkyl halides is 2. The van der Waals surface area contributed by atoms with Gasteiger partial charge < -0.3 is 10.5 Å². The lowest BCUT2D eigenvalue weighted by atomic mass is 9.89. The van der Waals surface area contributed by atoms with E-state index in [0.29, 0.717) is 6.42 Å². The van der Waals surface area contributed by atoms with Crippen LogP contribution in [-0.4, -0.2) is 25.5 Å². The van der Waals surface area contributed by atoms with E-state index in [9.17, 15) is 13.6 Å². The van der Waals surface area contributed by atoms with Crippen LogP contribution < -0.4 is 5.73 Å². The molecular formula is C10H20ClF2NO2. The van der Waals surface area contributed by atoms with Gasteiger partial charge in [0, 0.05) is 12.5 Å². The van der Waals surface area contributed by atoms with Crippen LogP contribution in [-0.2, 0) is 9.53 Å². The Hall–Kier alpha value is -0.420. The zero-order valence-corrected chi connectivity index (χ0v) is 10.6. The number of hydrogen-bond acceptors (Lipinski definition) is 3. The molecule has 16 heavy (non-hydrogen) atoms. The van der Waals surface area contributed by atoms with Gasteiger partial charge in [-0.05, 0) is 12.3 Å². The van der Waals surface area contributed by atoms with Crippen LogP contribution in [0.1, 0.15) is 26.7 Å². The molecule has 3 nitrogen and oxygen atoms in total. The largest absolute Gasteiger partial charge is 0.469 e. The van der Waals surface area contributed by atoms with E-state index in [2.05, 4.69) is 4.74 Å². The average molecular weight is 260 g/mol. The SMILES string of the molecule is COC(=O)C(CC(C)C)C(N)CC(F)F.Cl. The molecule has 0 aliphatic heterocycles. The summed E-state index contributed by atoms with van der Waals surface area (Å²) in [5, 5.41) is 0. The molecule has 2 unspecified atom stereocenters. The highest BCUT2D eigenvalue weighted by atomic mass is 35.5. The zero-order valence-electron chi connectivity index (χ0n) is 9.78. The fourth-order valence-corrected chi connectivity index (χ4v) is 1.48. The molecule has 98 valence electrons. The minimum absolute atomic E-state index is 0. The topological polar surface area (TPSA) is 52.3 Å². The first-order valence-corrected chi connectivity index (χ1v) is 5.00. The van der Waals surface area contributed by atoms with Crippen LogP contribution >= 0.6 is 12.4 Å². The maximum Gasteiger partial charge on any atom is 0.310 e. The Morgan fingerprint density at radius 2 is 1.81 bits per heavy atom. The second-order valence-corrected chi connectivity index (χ2v) is 4.05. The molecular weight excluding hydrogens is 240 g/mol. The summed E-state index contributed by atoms with van der Waals surface area (Å²) in [6.07, 6.45) is -2.48. The summed E-state index contributed by atoms with van der Waals surface area (Å²) in [6, 6.07) is -0.833. The number of carbonyl (C=O) groups excluding carboxylic acids is 1. The molecule has 0 saturated carbocycles. The number of carbonyl (C=O) groups is 1. The maximum absolute atomic E-state index is 12.1. The average Bonchev–Trinajstić information content (AvgIpc) is 2.11. The first-order valence-electron chi connectivity index (χ1n) is 5.00. The molecule has 0 aliphatic rings. The van der Waals surface area contributed by atoms with Gasteiger partial charge in [0.25, 0.3) is 0 Å². The molecule has 0 spiro atoms. The monoisotopic (exact) mass is 259 g/mol. The lowest BCUT2D eigenvalue weighted by molar-refractivity contribution is -0.147. The molecule has 0 saturated heterocycles. The van der Waals surface area contributed by atoms with Gasteiger partial charge in [0.05, 0.1) is 13.0 Å². The quantitative estimate of drug-likeness (QED) is 0.744. The number of ether oxygens (including phenoxy) is 1. The summed E-state index contributed by atoms with van der Waals surface area (Å²) in [6.45, 7) is 3.82. The van der Waals surface area contributed by atoms with Gasteiger partial charge in [0.1, 0.15) is 0 Å². The third-order valence-corrected chi connectivity index (χ3v) is 2.20. The predicted octanol–water partition coefficient (Wildman–Crippen LogP) is 2.23. The number of halogens is 3. The highest BCUT2D eigenvalue weighted by Crippen LogP contribution is 2.20. The second-order valence-electron chi connectivity index (χ2n) is 4.05. The molecule has 0 radical (unpaired) electrons. The van der Waals surface area contributed by atoms with Crippen LogP contribution in [0, 0.1) is 11.8 Å². The van der Waals surface area contributed by atoms with Crippen molar-refractivity contribution in [3.8, 4) is 0 Å². The summed E-state index contributed by atoms with van der Waals surface area (Å²) in [7, 11) is 1.24. The number of nitrogens with two attached hydrogens (primary N) is 1. The fourth-order valence-electron chi connectivity index (χ4n) is 1.48. The van der Waals surface area contributed by atoms with Crippen molar-refractivity contribution in [2.45, 2.75) is 39.2 Å². The van der Waals surface area contributed by atoms with Crippen molar-refractivity contribution < 1.29 is 18.3 Å². The molecule has 0 rings (SSSR count). The molecule has 0 heterocycles. The number of hydrogen-bond donors (Lipinski definition) is 1. The summed E-state index contributed by atoms with van der Waals surface area (Å²) >= 11 is 0. The summed E-state index contributed by atoms with van der Waals surface area (Å²) in [5.74, 6) is -0.918. The lowest BCUT2D eigenvalue weighted by Gasteiger charge is -2.22. The first kappa shape index (κ1) is 18.0. The van der Waals surface area contributed by atoms with Gasteiger partial charge in [-0.1, -0.05) is 13.8 Å². The molecule has 0 amide bonds. The van der Waals surface area contributed by atoms with Gasteiger partial charge in [-0.15, -0.1) is 12.4 Å². The van der Waals surface area contributed by atoms with Crippen LogP contribution in [0.15, 0.2) is 0 Å². The Labute approximate surface area is 101 Å². The minimum atomic E-state index is -2.49. The Balaban J connectivity index is 0. The van der Waals surface area contributed by atoms with Crippen LogP contribution in [0.5, 0.6) is 0 Å². The number of esters is 1. The Morgan fingerprint density at radius 1 is 1.31 bits per heavy atom. The molecule has 2 N–H and O–H groups in total. The fraction of sp³-hybridized carbons (Fsp3) is 0.900. The lowest BCUT2D eigenvalue weighted by Crippen LogP contribution is -2.38. The van der Waals surface area contributed by atoms with E-state index in [4.69, 9.17) is 5.73 Å². The minimum Gasteiger partial charge on any atom is -0.469 e. The Kier molecular flexibility index (Phi) is 9.77. The smallest absolute Gasteiger partial charge is 0.310 e. The van der Waals surface area contributed by atoms with Crippen LogP contribution in [0.4, 0.5) is 8.78 Å². The molecule has 0 aromatic carbocycles. The van der Waals surface area contributed by atoms with Gasteiger partial charge in [0.15, 0.2) is 0 Å². The van der Waals surface area contributed by atoms with E-state index in [1.165, 1.54) is 7.11 Å². The van der Waals surface area contributed by atoms with E-state index in [-0.39, 0.29) is 18.3 Å². The van der Waals surface area contributed by atoms with Crippen LogP contribution in [0.2, 0.25) is 0 Å². The third kappa shape index (κ3) is 6.95. The van der Waals surface area contributed by atoms with Crippen molar-refractivity contribution in [1.82, 2.24) is 0 Å². The predicted molar refractivity (Wildman–Crippen MR) is 60.8 cm³/mol. The van der Waals surface area contributed by atoms with Crippen molar-refractivity contribution in [2.75, 3.05) is 7.11 Å². The van der Waals surface area contributed by atoms with Gasteiger partial charge in [-0.2, -0.15) is 0 Å². The number of rotatable bonds is 6. The van der Waals surface area contributed by atoms with Crippen molar-refractivity contribution >= 4 is 18.4 Å².